The van der Waals surface area contributed by atoms with Gasteiger partial charge in [0.2, 0.25) is 11.4 Å². The summed E-state index contributed by atoms with van der Waals surface area (Å²) in [7, 11) is 2.17. The largest absolute Gasteiger partial charge is 0.462 e. The van der Waals surface area contributed by atoms with Crippen molar-refractivity contribution >= 4 is 65.3 Å². The molecule has 3 aromatic heterocycles. The Morgan fingerprint density at radius 2 is 2.00 bits per heavy atom. The molecule has 6 rings (SSSR count). The van der Waals surface area contributed by atoms with Crippen LogP contribution in [0.1, 0.15) is 17.3 Å². The van der Waals surface area contributed by atoms with Gasteiger partial charge in [0, 0.05) is 36.8 Å². The number of fused-ring (bicyclic) bond motifs is 6. The van der Waals surface area contributed by atoms with Gasteiger partial charge in [-0.3, -0.25) is 9.20 Å². The lowest BCUT2D eigenvalue weighted by Crippen LogP contribution is -2.28. The van der Waals surface area contributed by atoms with Crippen LogP contribution in [0.5, 0.6) is 0 Å². The first-order valence-electron chi connectivity index (χ1n) is 11.0. The van der Waals surface area contributed by atoms with Gasteiger partial charge >= 0.3 is 5.97 Å². The Balaban J connectivity index is 1.59. The van der Waals surface area contributed by atoms with Gasteiger partial charge in [0.1, 0.15) is 10.4 Å². The number of pyridine rings is 1. The zero-order valence-electron chi connectivity index (χ0n) is 18.2. The van der Waals surface area contributed by atoms with Crippen molar-refractivity contribution in [1.82, 2.24) is 19.3 Å². The van der Waals surface area contributed by atoms with E-state index < -0.39 is 5.97 Å². The smallest absolute Gasteiger partial charge is 0.345 e. The third kappa shape index (κ3) is 3.26. The van der Waals surface area contributed by atoms with Crippen LogP contribution in [0.25, 0.3) is 26.1 Å². The highest BCUT2D eigenvalue weighted by molar-refractivity contribution is 9.10. The lowest BCUT2D eigenvalue weighted by atomic mass is 10.0. The molecule has 10 heteroatoms. The second kappa shape index (κ2) is 7.75. The first-order valence-corrected chi connectivity index (χ1v) is 12.6. The Kier molecular flexibility index (Phi) is 4.93. The Morgan fingerprint density at radius 3 is 2.73 bits per heavy atom. The van der Waals surface area contributed by atoms with Gasteiger partial charge in [0.25, 0.3) is 0 Å². The van der Waals surface area contributed by atoms with Crippen molar-refractivity contribution in [2.45, 2.75) is 6.92 Å². The summed E-state index contributed by atoms with van der Waals surface area (Å²) < 4.78 is 9.01. The third-order valence-corrected chi connectivity index (χ3v) is 8.28. The van der Waals surface area contributed by atoms with Crippen LogP contribution in [-0.4, -0.2) is 65.1 Å². The summed E-state index contributed by atoms with van der Waals surface area (Å²) in [5.41, 5.74) is 1.06. The van der Waals surface area contributed by atoms with Gasteiger partial charge in [0.05, 0.1) is 22.2 Å². The van der Waals surface area contributed by atoms with Crippen LogP contribution in [0.4, 0.5) is 5.95 Å². The summed E-state index contributed by atoms with van der Waals surface area (Å²) in [5, 5.41) is 0.320. The molecular weight excluding hydrogens is 506 g/mol. The molecule has 1 aromatic carbocycles. The zero-order chi connectivity index (χ0) is 22.9. The van der Waals surface area contributed by atoms with Gasteiger partial charge in [-0.25, -0.2) is 9.78 Å². The Bertz CT molecular complexity index is 1480. The monoisotopic (exact) mass is 527 g/mol. The van der Waals surface area contributed by atoms with E-state index >= 15 is 0 Å². The molecule has 2 aliphatic rings. The molecule has 0 spiro atoms. The van der Waals surface area contributed by atoms with E-state index in [2.05, 4.69) is 37.8 Å². The van der Waals surface area contributed by atoms with Crippen molar-refractivity contribution in [3.8, 4) is 0 Å². The molecule has 33 heavy (non-hydrogen) atoms. The minimum Gasteiger partial charge on any atom is -0.462 e. The van der Waals surface area contributed by atoms with Gasteiger partial charge in [-0.05, 0) is 44.0 Å². The molecule has 0 amide bonds. The standard InChI is InChI=1S/C23H22BrN5O3S/c1-3-32-22(31)18-19(30)15-7-25-23(28-10-12-8-27(2)9-13(12)11-28)26-20(15)29-16-5-4-14(24)6-17(16)33-21(18)29/h4-7,12-13H,3,8-11H2,1-2H3. The van der Waals surface area contributed by atoms with Gasteiger partial charge in [-0.15, -0.1) is 11.3 Å². The summed E-state index contributed by atoms with van der Waals surface area (Å²) in [6.45, 7) is 5.93. The molecule has 0 N–H and O–H groups in total. The highest BCUT2D eigenvalue weighted by atomic mass is 79.9. The Morgan fingerprint density at radius 1 is 1.24 bits per heavy atom. The Hall–Kier alpha value is -2.56. The number of rotatable bonds is 3. The SMILES string of the molecule is CCOC(=O)c1c(=O)c2cnc(N3CC4CN(C)CC4C3)nc2n2c1sc1cc(Br)ccc12. The minimum atomic E-state index is -0.618. The number of hydrogen-bond acceptors (Lipinski definition) is 8. The average molecular weight is 528 g/mol. The fourth-order valence-electron chi connectivity index (χ4n) is 5.24. The first-order chi connectivity index (χ1) is 15.9. The molecule has 0 bridgehead atoms. The number of carbonyl (C=O) groups excluding carboxylic acids is 1. The van der Waals surface area contributed by atoms with Crippen LogP contribution >= 0.6 is 27.3 Å². The van der Waals surface area contributed by atoms with E-state index in [9.17, 15) is 9.59 Å². The number of likely N-dealkylation sites (tertiary alicyclic amines) is 1. The Labute approximate surface area is 201 Å². The number of nitrogens with zero attached hydrogens (tertiary/aromatic N) is 5. The van der Waals surface area contributed by atoms with Crippen LogP contribution in [0.2, 0.25) is 0 Å². The van der Waals surface area contributed by atoms with E-state index in [1.165, 1.54) is 11.3 Å². The zero-order valence-corrected chi connectivity index (χ0v) is 20.6. The van der Waals surface area contributed by atoms with Crippen molar-refractivity contribution in [1.29, 1.82) is 0 Å². The molecule has 8 nitrogen and oxygen atoms in total. The van der Waals surface area contributed by atoms with Crippen molar-refractivity contribution in [2.75, 3.05) is 44.7 Å². The highest BCUT2D eigenvalue weighted by Crippen LogP contribution is 2.35. The van der Waals surface area contributed by atoms with Crippen LogP contribution < -0.4 is 10.3 Å². The maximum atomic E-state index is 13.4. The molecule has 2 unspecified atom stereocenters. The minimum absolute atomic E-state index is 0.0387. The lowest BCUT2D eigenvalue weighted by molar-refractivity contribution is 0.0527. The van der Waals surface area contributed by atoms with Crippen LogP contribution in [-0.2, 0) is 4.74 Å². The van der Waals surface area contributed by atoms with Gasteiger partial charge in [-0.1, -0.05) is 15.9 Å². The van der Waals surface area contributed by atoms with E-state index in [1.807, 2.05) is 22.6 Å². The number of halogens is 1. The van der Waals surface area contributed by atoms with Crippen molar-refractivity contribution in [3.05, 3.63) is 44.7 Å². The lowest BCUT2D eigenvalue weighted by Gasteiger charge is -2.19. The van der Waals surface area contributed by atoms with E-state index in [0.717, 1.165) is 40.9 Å². The topological polar surface area (TPSA) is 80.0 Å². The molecule has 0 saturated carbocycles. The number of hydrogen-bond donors (Lipinski definition) is 0. The van der Waals surface area contributed by atoms with Crippen molar-refractivity contribution < 1.29 is 9.53 Å². The summed E-state index contributed by atoms with van der Waals surface area (Å²) in [6, 6.07) is 5.90. The number of aromatic nitrogens is 3. The molecule has 170 valence electrons. The number of benzene rings is 1. The molecule has 2 atom stereocenters. The average Bonchev–Trinajstić information content (AvgIpc) is 3.44. The summed E-state index contributed by atoms with van der Waals surface area (Å²) in [5.74, 6) is 1.24. The van der Waals surface area contributed by atoms with Gasteiger partial charge < -0.3 is 14.5 Å². The number of thiazole rings is 1. The number of carbonyl (C=O) groups is 1. The summed E-state index contributed by atoms with van der Waals surface area (Å²) in [6.07, 6.45) is 1.57. The fraction of sp³-hybridized carbons (Fsp3) is 0.391. The number of ether oxygens (including phenoxy) is 1. The highest BCUT2D eigenvalue weighted by Gasteiger charge is 2.39. The van der Waals surface area contributed by atoms with Crippen LogP contribution in [0.15, 0.2) is 33.7 Å². The molecule has 0 aliphatic carbocycles. The van der Waals surface area contributed by atoms with E-state index in [-0.39, 0.29) is 17.6 Å². The molecule has 2 saturated heterocycles. The molecule has 2 fully saturated rings. The third-order valence-electron chi connectivity index (χ3n) is 6.66. The number of anilines is 1. The van der Waals surface area contributed by atoms with Crippen molar-refractivity contribution in [3.63, 3.8) is 0 Å². The maximum absolute atomic E-state index is 13.4. The predicted octanol–water partition coefficient (Wildman–Crippen LogP) is 3.39. The second-order valence-corrected chi connectivity index (χ2v) is 10.8. The maximum Gasteiger partial charge on any atom is 0.345 e. The van der Waals surface area contributed by atoms with E-state index in [1.54, 1.807) is 13.1 Å². The normalized spacial score (nSPS) is 20.9. The first kappa shape index (κ1) is 21.0. The predicted molar refractivity (Wildman–Crippen MR) is 132 cm³/mol. The molecule has 5 heterocycles. The molecule has 2 aliphatic heterocycles. The molecular formula is C23H22BrN5O3S. The van der Waals surface area contributed by atoms with E-state index in [4.69, 9.17) is 9.72 Å². The van der Waals surface area contributed by atoms with Gasteiger partial charge in [-0.2, -0.15) is 4.98 Å². The van der Waals surface area contributed by atoms with E-state index in [0.29, 0.717) is 33.6 Å². The molecule has 4 aromatic rings. The van der Waals surface area contributed by atoms with Crippen molar-refractivity contribution in [2.24, 2.45) is 11.8 Å². The van der Waals surface area contributed by atoms with Gasteiger partial charge in [0.15, 0.2) is 5.65 Å². The number of esters is 1. The summed E-state index contributed by atoms with van der Waals surface area (Å²) >= 11 is 4.91. The van der Waals surface area contributed by atoms with Crippen LogP contribution in [0.3, 0.4) is 0 Å². The quantitative estimate of drug-likeness (QED) is 0.377. The summed E-state index contributed by atoms with van der Waals surface area (Å²) in [4.78, 5) is 40.8. The second-order valence-electron chi connectivity index (χ2n) is 8.83. The fourth-order valence-corrected chi connectivity index (χ4v) is 6.96. The molecule has 0 radical (unpaired) electrons. The van der Waals surface area contributed by atoms with Crippen LogP contribution in [0, 0.1) is 11.8 Å².